The van der Waals surface area contributed by atoms with Crippen LogP contribution in [0.5, 0.6) is 5.75 Å². The molecule has 0 heterocycles. The number of carboxylic acids is 1. The maximum Gasteiger partial charge on any atom is 0.303 e. The van der Waals surface area contributed by atoms with Crippen molar-refractivity contribution >= 4 is 34.3 Å². The molecule has 0 spiro atoms. The van der Waals surface area contributed by atoms with Crippen LogP contribution < -0.4 is 0 Å². The number of fused-ring (bicyclic) bond motifs is 1. The molecule has 0 unspecified atom stereocenters. The van der Waals surface area contributed by atoms with E-state index < -0.39 is 5.97 Å². The first-order valence-electron chi connectivity index (χ1n) is 10.5. The maximum atomic E-state index is 12.0. The van der Waals surface area contributed by atoms with Gasteiger partial charge in [0.15, 0.2) is 5.78 Å². The number of rotatable bonds is 12. The molecule has 0 saturated heterocycles. The summed E-state index contributed by atoms with van der Waals surface area (Å²) in [4.78, 5) is 22.4. The molecule has 0 amide bonds. The van der Waals surface area contributed by atoms with E-state index >= 15 is 0 Å². The van der Waals surface area contributed by atoms with E-state index in [4.69, 9.17) is 5.11 Å². The highest BCUT2D eigenvalue weighted by Gasteiger charge is 2.07. The molecule has 0 bridgehead atoms. The summed E-state index contributed by atoms with van der Waals surface area (Å²) in [6, 6.07) is 10.3. The average Bonchev–Trinajstić information content (AvgIpc) is 2.71. The number of ketones is 1. The molecule has 29 heavy (non-hydrogen) atoms. The number of hydrogen-bond acceptors (Lipinski definition) is 4. The molecule has 0 radical (unpaired) electrons. The van der Waals surface area contributed by atoms with Crippen LogP contribution in [-0.4, -0.2) is 33.5 Å². The summed E-state index contributed by atoms with van der Waals surface area (Å²) in [5.74, 6) is 2.13. The van der Waals surface area contributed by atoms with Gasteiger partial charge in [0, 0.05) is 18.4 Å². The normalized spacial score (nSPS) is 10.4. The lowest BCUT2D eigenvalue weighted by molar-refractivity contribution is -0.137. The van der Waals surface area contributed by atoms with Crippen molar-refractivity contribution in [2.24, 2.45) is 0 Å². The van der Waals surface area contributed by atoms with Crippen LogP contribution in [0, 0.1) is 0 Å². The van der Waals surface area contributed by atoms with E-state index in [0.717, 1.165) is 10.8 Å². The standard InChI is InChI=1S/C16H16O4.C8H18S/c17-14-8-7-11-9-13(6-5-12(11)10-14)15(18)3-1-2-4-16(19)20;1-3-5-7-9-8-6-4-2/h5-10,17H,1-4H2,(H,19,20);3-8H2,1-2H3. The highest BCUT2D eigenvalue weighted by atomic mass is 32.2. The molecule has 0 aliphatic heterocycles. The number of benzene rings is 2. The van der Waals surface area contributed by atoms with Crippen LogP contribution in [0.2, 0.25) is 0 Å². The van der Waals surface area contributed by atoms with Crippen LogP contribution in [0.15, 0.2) is 36.4 Å². The summed E-state index contributed by atoms with van der Waals surface area (Å²) in [6.07, 6.45) is 7.05. The third-order valence-corrected chi connectivity index (χ3v) is 5.63. The number of hydrogen-bond donors (Lipinski definition) is 2. The average molecular weight is 419 g/mol. The van der Waals surface area contributed by atoms with Gasteiger partial charge in [-0.1, -0.05) is 44.9 Å². The first-order chi connectivity index (χ1) is 14.0. The topological polar surface area (TPSA) is 74.6 Å². The predicted molar refractivity (Wildman–Crippen MR) is 123 cm³/mol. The predicted octanol–water partition coefficient (Wildman–Crippen LogP) is 6.69. The minimum atomic E-state index is -0.831. The Hall–Kier alpha value is -2.01. The SMILES string of the molecule is CCCCSCCCC.O=C(O)CCCCC(=O)c1ccc2cc(O)ccc2c1. The largest absolute Gasteiger partial charge is 0.508 e. The van der Waals surface area contributed by atoms with E-state index in [2.05, 4.69) is 25.6 Å². The number of phenols is 1. The molecule has 0 aliphatic carbocycles. The maximum absolute atomic E-state index is 12.0. The van der Waals surface area contributed by atoms with Gasteiger partial charge in [0.25, 0.3) is 0 Å². The van der Waals surface area contributed by atoms with Gasteiger partial charge < -0.3 is 10.2 Å². The first kappa shape index (κ1) is 25.0. The number of carbonyl (C=O) groups excluding carboxylic acids is 1. The first-order valence-corrected chi connectivity index (χ1v) is 11.7. The Morgan fingerprint density at radius 1 is 0.828 bits per heavy atom. The van der Waals surface area contributed by atoms with Gasteiger partial charge in [-0.15, -0.1) is 0 Å². The fourth-order valence-electron chi connectivity index (χ4n) is 2.71. The molecule has 0 atom stereocenters. The Morgan fingerprint density at radius 2 is 1.41 bits per heavy atom. The van der Waals surface area contributed by atoms with Crippen LogP contribution in [-0.2, 0) is 4.79 Å². The van der Waals surface area contributed by atoms with Crippen LogP contribution in [0.4, 0.5) is 0 Å². The van der Waals surface area contributed by atoms with E-state index in [9.17, 15) is 14.7 Å². The molecular weight excluding hydrogens is 384 g/mol. The highest BCUT2D eigenvalue weighted by molar-refractivity contribution is 7.99. The van der Waals surface area contributed by atoms with E-state index in [1.807, 2.05) is 0 Å². The second-order valence-corrected chi connectivity index (χ2v) is 8.31. The summed E-state index contributed by atoms with van der Waals surface area (Å²) in [5.41, 5.74) is 0.624. The van der Waals surface area contributed by atoms with Gasteiger partial charge in [0.2, 0.25) is 0 Å². The third-order valence-electron chi connectivity index (χ3n) is 4.47. The number of carbonyl (C=O) groups is 2. The van der Waals surface area contributed by atoms with Crippen LogP contribution in [0.1, 0.15) is 75.6 Å². The van der Waals surface area contributed by atoms with Crippen molar-refractivity contribution in [1.29, 1.82) is 0 Å². The van der Waals surface area contributed by atoms with E-state index in [1.165, 1.54) is 37.2 Å². The van der Waals surface area contributed by atoms with Gasteiger partial charge >= 0.3 is 5.97 Å². The zero-order chi connectivity index (χ0) is 21.5. The van der Waals surface area contributed by atoms with Crippen molar-refractivity contribution in [3.8, 4) is 5.75 Å². The summed E-state index contributed by atoms with van der Waals surface area (Å²) in [7, 11) is 0. The molecule has 5 heteroatoms. The van der Waals surface area contributed by atoms with E-state index in [-0.39, 0.29) is 18.0 Å². The fourth-order valence-corrected chi connectivity index (χ4v) is 3.90. The van der Waals surface area contributed by atoms with Crippen molar-refractivity contribution < 1.29 is 19.8 Å². The molecule has 4 nitrogen and oxygen atoms in total. The number of carboxylic acid groups (broad SMARTS) is 1. The second kappa shape index (κ2) is 14.9. The van der Waals surface area contributed by atoms with Gasteiger partial charge in [-0.3, -0.25) is 9.59 Å². The second-order valence-electron chi connectivity index (χ2n) is 7.09. The Kier molecular flexibility index (Phi) is 12.9. The van der Waals surface area contributed by atoms with Crippen LogP contribution in [0.25, 0.3) is 10.8 Å². The lowest BCUT2D eigenvalue weighted by Crippen LogP contribution is -2.00. The van der Waals surface area contributed by atoms with E-state index in [1.54, 1.807) is 36.4 Å². The van der Waals surface area contributed by atoms with Crippen molar-refractivity contribution in [2.45, 2.75) is 65.2 Å². The third kappa shape index (κ3) is 10.9. The lowest BCUT2D eigenvalue weighted by Gasteiger charge is -2.04. The van der Waals surface area contributed by atoms with Gasteiger partial charge in [0.05, 0.1) is 0 Å². The minimum Gasteiger partial charge on any atom is -0.508 e. The van der Waals surface area contributed by atoms with Gasteiger partial charge in [-0.2, -0.15) is 11.8 Å². The number of aliphatic carboxylic acids is 1. The molecule has 2 aromatic carbocycles. The minimum absolute atomic E-state index is 0.0189. The van der Waals surface area contributed by atoms with Crippen LogP contribution >= 0.6 is 11.8 Å². The molecule has 0 saturated carbocycles. The molecule has 2 aromatic rings. The number of phenolic OH excluding ortho intramolecular Hbond substituents is 1. The quantitative estimate of drug-likeness (QED) is 0.296. The summed E-state index contributed by atoms with van der Waals surface area (Å²) < 4.78 is 0. The summed E-state index contributed by atoms with van der Waals surface area (Å²) in [6.45, 7) is 4.50. The number of Topliss-reactive ketones (excluding diaryl/α,β-unsaturated/α-hetero) is 1. The molecule has 2 N–H and O–H groups in total. The highest BCUT2D eigenvalue weighted by Crippen LogP contribution is 2.22. The molecule has 0 aromatic heterocycles. The number of unbranched alkanes of at least 4 members (excludes halogenated alkanes) is 3. The van der Waals surface area contributed by atoms with Crippen LogP contribution in [0.3, 0.4) is 0 Å². The smallest absolute Gasteiger partial charge is 0.303 e. The Morgan fingerprint density at radius 3 is 2.03 bits per heavy atom. The summed E-state index contributed by atoms with van der Waals surface area (Å²) >= 11 is 2.10. The van der Waals surface area contributed by atoms with Crippen molar-refractivity contribution in [3.63, 3.8) is 0 Å². The Bertz CT molecular complexity index is 752. The van der Waals surface area contributed by atoms with Gasteiger partial charge in [0.1, 0.15) is 5.75 Å². The van der Waals surface area contributed by atoms with Gasteiger partial charge in [-0.25, -0.2) is 0 Å². The number of thioether (sulfide) groups is 1. The lowest BCUT2D eigenvalue weighted by atomic mass is 10.0. The molecular formula is C24H34O4S. The summed E-state index contributed by atoms with van der Waals surface area (Å²) in [5, 5.41) is 19.7. The molecule has 0 aliphatic rings. The zero-order valence-corrected chi connectivity index (χ0v) is 18.5. The number of aromatic hydroxyl groups is 1. The zero-order valence-electron chi connectivity index (χ0n) is 17.7. The molecule has 2 rings (SSSR count). The Labute approximate surface area is 178 Å². The Balaban J connectivity index is 0.000000396. The van der Waals surface area contributed by atoms with Crippen molar-refractivity contribution in [2.75, 3.05) is 11.5 Å². The van der Waals surface area contributed by atoms with Crippen molar-refractivity contribution in [1.82, 2.24) is 0 Å². The van der Waals surface area contributed by atoms with E-state index in [0.29, 0.717) is 24.8 Å². The fraction of sp³-hybridized carbons (Fsp3) is 0.500. The monoisotopic (exact) mass is 418 g/mol. The van der Waals surface area contributed by atoms with Gasteiger partial charge in [-0.05, 0) is 66.2 Å². The van der Waals surface area contributed by atoms with Crippen molar-refractivity contribution in [3.05, 3.63) is 42.0 Å². The molecule has 0 fully saturated rings. The molecule has 160 valence electrons.